The number of hydrogen-bond acceptors (Lipinski definition) is 1. The molecule has 1 rings (SSSR count). The van der Waals surface area contributed by atoms with Crippen LogP contribution in [0.3, 0.4) is 0 Å². The topological polar surface area (TPSA) is 40.5 Å². The van der Waals surface area contributed by atoms with E-state index in [4.69, 9.17) is 5.11 Å². The summed E-state index contributed by atoms with van der Waals surface area (Å²) in [5.74, 6) is 0. The van der Waals surface area contributed by atoms with E-state index in [1.165, 1.54) is 4.90 Å². The van der Waals surface area contributed by atoms with Gasteiger partial charge in [0.15, 0.2) is 0 Å². The molecule has 0 aromatic rings. The van der Waals surface area contributed by atoms with Gasteiger partial charge >= 0.3 is 6.09 Å². The van der Waals surface area contributed by atoms with E-state index in [9.17, 15) is 9.18 Å². The second kappa shape index (κ2) is 3.77. The van der Waals surface area contributed by atoms with Gasteiger partial charge in [0.1, 0.15) is 6.17 Å². The summed E-state index contributed by atoms with van der Waals surface area (Å²) in [6.45, 7) is 8.36. The number of hydrogen-bond donors (Lipinski definition) is 1. The fraction of sp³-hybridized carbons (Fsp3) is 0.900. The highest BCUT2D eigenvalue weighted by atomic mass is 28.3. The van der Waals surface area contributed by atoms with E-state index in [2.05, 4.69) is 19.6 Å². The van der Waals surface area contributed by atoms with Crippen molar-refractivity contribution in [3.63, 3.8) is 0 Å². The molecule has 1 heterocycles. The van der Waals surface area contributed by atoms with Crippen LogP contribution >= 0.6 is 0 Å². The highest BCUT2D eigenvalue weighted by Gasteiger charge is 2.54. The number of halogens is 1. The van der Waals surface area contributed by atoms with Gasteiger partial charge in [-0.1, -0.05) is 26.6 Å². The van der Waals surface area contributed by atoms with E-state index in [1.807, 2.05) is 6.92 Å². The van der Waals surface area contributed by atoms with Crippen molar-refractivity contribution in [2.45, 2.75) is 50.7 Å². The summed E-state index contributed by atoms with van der Waals surface area (Å²) in [6.07, 6.45) is -0.867. The molecule has 2 unspecified atom stereocenters. The largest absolute Gasteiger partial charge is 0.465 e. The Kier molecular flexibility index (Phi) is 3.14. The molecule has 0 saturated carbocycles. The molecule has 0 aromatic carbocycles. The maximum absolute atomic E-state index is 13.5. The minimum atomic E-state index is -1.74. The molecule has 88 valence electrons. The predicted molar refractivity (Wildman–Crippen MR) is 60.6 cm³/mol. The highest BCUT2D eigenvalue weighted by Crippen LogP contribution is 2.41. The molecule has 1 aliphatic heterocycles. The lowest BCUT2D eigenvalue weighted by Gasteiger charge is -2.45. The third kappa shape index (κ3) is 1.89. The molecule has 2 atom stereocenters. The monoisotopic (exact) mass is 233 g/mol. The lowest BCUT2D eigenvalue weighted by atomic mass is 10.1. The maximum Gasteiger partial charge on any atom is 0.407 e. The first kappa shape index (κ1) is 12.5. The van der Waals surface area contributed by atoms with Gasteiger partial charge in [-0.2, -0.15) is 0 Å². The van der Waals surface area contributed by atoms with Crippen LogP contribution in [0.5, 0.6) is 0 Å². The van der Waals surface area contributed by atoms with Crippen molar-refractivity contribution >= 4 is 14.2 Å². The zero-order valence-electron chi connectivity index (χ0n) is 9.88. The van der Waals surface area contributed by atoms with Crippen LogP contribution in [0.25, 0.3) is 0 Å². The molecule has 1 aliphatic rings. The molecule has 1 N–H and O–H groups in total. The SMILES string of the molecule is CCC1([Si](C)(C)C)CC(F)CN1C(=O)O. The molecule has 0 aliphatic carbocycles. The maximum atomic E-state index is 13.5. The van der Waals surface area contributed by atoms with Crippen molar-refractivity contribution in [3.8, 4) is 0 Å². The lowest BCUT2D eigenvalue weighted by molar-refractivity contribution is 0.124. The Bertz CT molecular complexity index is 267. The van der Waals surface area contributed by atoms with E-state index >= 15 is 0 Å². The smallest absolute Gasteiger partial charge is 0.407 e. The summed E-state index contributed by atoms with van der Waals surface area (Å²) in [7, 11) is -1.74. The quantitative estimate of drug-likeness (QED) is 0.745. The fourth-order valence-electron chi connectivity index (χ4n) is 2.75. The average molecular weight is 233 g/mol. The van der Waals surface area contributed by atoms with Crippen LogP contribution in [0, 0.1) is 0 Å². The van der Waals surface area contributed by atoms with E-state index in [-0.39, 0.29) is 6.54 Å². The Balaban J connectivity index is 3.11. The highest BCUT2D eigenvalue weighted by molar-refractivity contribution is 6.79. The lowest BCUT2D eigenvalue weighted by Crippen LogP contribution is -2.61. The molecule has 3 nitrogen and oxygen atoms in total. The second-order valence-electron chi connectivity index (χ2n) is 5.33. The second-order valence-corrected chi connectivity index (χ2v) is 10.8. The van der Waals surface area contributed by atoms with Crippen molar-refractivity contribution < 1.29 is 14.3 Å². The zero-order chi connectivity index (χ0) is 11.9. The standard InChI is InChI=1S/C10H20FNO2Si/c1-5-10(15(2,3)4)6-8(11)7-12(10)9(13)14/h8H,5-7H2,1-4H3,(H,13,14). The minimum absolute atomic E-state index is 0.0491. The summed E-state index contributed by atoms with van der Waals surface area (Å²) in [4.78, 5) is 12.5. The number of nitrogens with zero attached hydrogens (tertiary/aromatic N) is 1. The van der Waals surface area contributed by atoms with Gasteiger partial charge in [-0.25, -0.2) is 9.18 Å². The van der Waals surface area contributed by atoms with E-state index < -0.39 is 25.5 Å². The molecular formula is C10H20FNO2Si. The third-order valence-corrected chi connectivity index (χ3v) is 7.29. The van der Waals surface area contributed by atoms with Gasteiger partial charge in [-0.15, -0.1) is 0 Å². The van der Waals surface area contributed by atoms with Crippen molar-refractivity contribution in [1.82, 2.24) is 4.90 Å². The number of likely N-dealkylation sites (tertiary alicyclic amines) is 1. The Morgan fingerprint density at radius 3 is 2.40 bits per heavy atom. The molecule has 0 bridgehead atoms. The van der Waals surface area contributed by atoms with Crippen LogP contribution in [0.1, 0.15) is 19.8 Å². The Morgan fingerprint density at radius 1 is 1.60 bits per heavy atom. The van der Waals surface area contributed by atoms with Gasteiger partial charge in [-0.3, -0.25) is 0 Å². The van der Waals surface area contributed by atoms with Crippen molar-refractivity contribution in [2.75, 3.05) is 6.54 Å². The molecule has 0 aromatic heterocycles. The third-order valence-electron chi connectivity index (χ3n) is 3.67. The van der Waals surface area contributed by atoms with Gasteiger partial charge in [0, 0.05) is 11.6 Å². The van der Waals surface area contributed by atoms with E-state index in [0.29, 0.717) is 6.42 Å². The average Bonchev–Trinajstić information content (AvgIpc) is 2.42. The summed E-state index contributed by atoms with van der Waals surface area (Å²) in [6, 6.07) is 0. The van der Waals surface area contributed by atoms with Crippen molar-refractivity contribution in [2.24, 2.45) is 0 Å². The number of alkyl halides is 1. The molecular weight excluding hydrogens is 213 g/mol. The summed E-state index contributed by atoms with van der Waals surface area (Å²) < 4.78 is 13.5. The summed E-state index contributed by atoms with van der Waals surface area (Å²) in [5, 5.41) is 8.72. The first-order chi connectivity index (χ1) is 6.74. The molecule has 1 amide bonds. The first-order valence-electron chi connectivity index (χ1n) is 5.39. The van der Waals surface area contributed by atoms with Crippen molar-refractivity contribution in [3.05, 3.63) is 0 Å². The van der Waals surface area contributed by atoms with E-state index in [0.717, 1.165) is 6.42 Å². The molecule has 15 heavy (non-hydrogen) atoms. The number of carbonyl (C=O) groups is 1. The van der Waals surface area contributed by atoms with Crippen LogP contribution in [0.15, 0.2) is 0 Å². The van der Waals surface area contributed by atoms with Crippen LogP contribution in [0.4, 0.5) is 9.18 Å². The molecule has 0 spiro atoms. The normalized spacial score (nSPS) is 32.1. The van der Waals surface area contributed by atoms with Gasteiger partial charge in [0.25, 0.3) is 0 Å². The minimum Gasteiger partial charge on any atom is -0.465 e. The predicted octanol–water partition coefficient (Wildman–Crippen LogP) is 2.73. The Hall–Kier alpha value is -0.583. The van der Waals surface area contributed by atoms with Crippen LogP contribution < -0.4 is 0 Å². The van der Waals surface area contributed by atoms with Crippen LogP contribution in [-0.4, -0.2) is 42.1 Å². The molecule has 0 radical (unpaired) electrons. The van der Waals surface area contributed by atoms with Crippen LogP contribution in [0.2, 0.25) is 19.6 Å². The summed E-state index contributed by atoms with van der Waals surface area (Å²) >= 11 is 0. The Labute approximate surface area is 91.3 Å². The molecule has 1 saturated heterocycles. The van der Waals surface area contributed by atoms with Crippen molar-refractivity contribution in [1.29, 1.82) is 0 Å². The first-order valence-corrected chi connectivity index (χ1v) is 8.89. The van der Waals surface area contributed by atoms with Gasteiger partial charge < -0.3 is 10.0 Å². The van der Waals surface area contributed by atoms with Crippen LogP contribution in [-0.2, 0) is 0 Å². The summed E-state index contributed by atoms with van der Waals surface area (Å²) in [5.41, 5.74) is 0. The molecule has 1 fully saturated rings. The fourth-order valence-corrected chi connectivity index (χ4v) is 5.64. The van der Waals surface area contributed by atoms with Gasteiger partial charge in [0.05, 0.1) is 14.6 Å². The number of rotatable bonds is 2. The van der Waals surface area contributed by atoms with E-state index in [1.54, 1.807) is 0 Å². The van der Waals surface area contributed by atoms with Gasteiger partial charge in [0.2, 0.25) is 0 Å². The number of amides is 1. The van der Waals surface area contributed by atoms with Gasteiger partial charge in [-0.05, 0) is 6.42 Å². The molecule has 5 heteroatoms. The number of carboxylic acid groups (broad SMARTS) is 1. The Morgan fingerprint density at radius 2 is 2.13 bits per heavy atom. The zero-order valence-corrected chi connectivity index (χ0v) is 10.9.